The Morgan fingerprint density at radius 1 is 0.683 bits per heavy atom. The first kappa shape index (κ1) is 41.1. The number of nitrogens with zero attached hydrogens (tertiary/aromatic N) is 3. The Kier molecular flexibility index (Phi) is 11.7. The van der Waals surface area contributed by atoms with Crippen molar-refractivity contribution in [1.29, 1.82) is 0 Å². The van der Waals surface area contributed by atoms with E-state index in [0.717, 1.165) is 98.0 Å². The third kappa shape index (κ3) is 7.67. The van der Waals surface area contributed by atoms with Crippen LogP contribution in [0, 0.1) is 12.8 Å². The zero-order valence-corrected chi connectivity index (χ0v) is 37.1. The van der Waals surface area contributed by atoms with Gasteiger partial charge in [-0.3, -0.25) is 0 Å². The molecule has 0 saturated heterocycles. The van der Waals surface area contributed by atoms with Crippen LogP contribution in [0.5, 0.6) is 11.5 Å². The van der Waals surface area contributed by atoms with E-state index in [1.54, 1.807) is 0 Å². The molecule has 0 N–H and O–H groups in total. The van der Waals surface area contributed by atoms with Crippen LogP contribution in [0.3, 0.4) is 0 Å². The van der Waals surface area contributed by atoms with Crippen molar-refractivity contribution in [3.05, 3.63) is 223 Å². The minimum atomic E-state index is 0.326. The quantitative estimate of drug-likeness (QED) is 0.108. The van der Waals surface area contributed by atoms with Crippen LogP contribution >= 0.6 is 0 Å². The summed E-state index contributed by atoms with van der Waals surface area (Å²) >= 11 is 0. The molecular formula is C59H55N3O. The summed E-state index contributed by atoms with van der Waals surface area (Å²) in [5, 5.41) is 2.29. The lowest BCUT2D eigenvalue weighted by molar-refractivity contribution is 0.477. The number of benzene rings is 7. The maximum Gasteiger partial charge on any atom is 0.153 e. The molecule has 0 amide bonds. The summed E-state index contributed by atoms with van der Waals surface area (Å²) in [6.45, 7) is 15.6. The number of unbranched alkanes of at least 4 members (excludes halogenated alkanes) is 1. The molecule has 1 unspecified atom stereocenters. The van der Waals surface area contributed by atoms with Crippen LogP contribution < -0.4 is 14.5 Å². The van der Waals surface area contributed by atoms with Gasteiger partial charge in [0.2, 0.25) is 0 Å². The predicted octanol–water partition coefficient (Wildman–Crippen LogP) is 17.1. The molecule has 2 heterocycles. The molecule has 1 aromatic heterocycles. The smallest absolute Gasteiger partial charge is 0.153 e. The first-order valence-electron chi connectivity index (χ1n) is 22.4. The number of rotatable bonds is 13. The van der Waals surface area contributed by atoms with E-state index in [1.807, 2.05) is 12.1 Å². The number of para-hydroxylation sites is 4. The summed E-state index contributed by atoms with van der Waals surface area (Å²) in [7, 11) is 0. The molecule has 0 spiro atoms. The predicted molar refractivity (Wildman–Crippen MR) is 269 cm³/mol. The van der Waals surface area contributed by atoms with E-state index in [0.29, 0.717) is 5.92 Å². The number of anilines is 5. The second kappa shape index (κ2) is 18.0. The molecule has 9 rings (SSSR count). The van der Waals surface area contributed by atoms with Crippen LogP contribution in [-0.4, -0.2) is 4.57 Å². The maximum absolute atomic E-state index is 6.84. The molecule has 0 fully saturated rings. The van der Waals surface area contributed by atoms with Crippen LogP contribution in [0.1, 0.15) is 63.6 Å². The molecular weight excluding hydrogens is 767 g/mol. The lowest BCUT2D eigenvalue weighted by Crippen LogP contribution is -2.19. The van der Waals surface area contributed by atoms with Crippen LogP contribution in [0.15, 0.2) is 206 Å². The van der Waals surface area contributed by atoms with Crippen molar-refractivity contribution in [1.82, 2.24) is 4.57 Å². The molecule has 0 aliphatic carbocycles. The Morgan fingerprint density at radius 2 is 1.32 bits per heavy atom. The van der Waals surface area contributed by atoms with E-state index in [9.17, 15) is 0 Å². The van der Waals surface area contributed by atoms with Gasteiger partial charge in [0.25, 0.3) is 0 Å². The summed E-state index contributed by atoms with van der Waals surface area (Å²) in [6, 6.07) is 58.8. The fourth-order valence-electron chi connectivity index (χ4n) is 9.10. The van der Waals surface area contributed by atoms with E-state index in [-0.39, 0.29) is 0 Å². The summed E-state index contributed by atoms with van der Waals surface area (Å²) in [6.07, 6.45) is 11.9. The molecule has 1 aliphatic rings. The van der Waals surface area contributed by atoms with E-state index in [1.165, 1.54) is 22.3 Å². The minimum Gasteiger partial charge on any atom is -0.453 e. The molecule has 0 bridgehead atoms. The van der Waals surface area contributed by atoms with Crippen molar-refractivity contribution in [2.45, 2.75) is 53.9 Å². The van der Waals surface area contributed by atoms with Crippen molar-refractivity contribution in [3.8, 4) is 17.2 Å². The highest BCUT2D eigenvalue weighted by Crippen LogP contribution is 2.53. The first-order valence-corrected chi connectivity index (χ1v) is 22.4. The SMILES string of the molecule is C=C/C(=C(\C=C/C)C(C)CC)N(c1ccccc1)c1cc2c3cc4c(cc3n(-c3ccc(/C(=C\CCC)c5ccccc5)cc3)c2cc1C)Oc1ccccc1N4c1ccccc1. The number of hydrogen-bond acceptors (Lipinski definition) is 3. The van der Waals surface area contributed by atoms with E-state index in [4.69, 9.17) is 4.74 Å². The van der Waals surface area contributed by atoms with Gasteiger partial charge < -0.3 is 19.1 Å². The Balaban J connectivity index is 1.33. The standard InChI is InChI=1S/C59H55N3O/c1-7-11-30-49(43-24-15-12-16-25-43)44-33-35-47(36-34-44)62-55-37-42(6)54(60(45-26-17-13-18-27-45)52(10-4)48(23-8-2)41(5)9-3)38-50(55)51-39-57-59(40-56(51)62)63-58-32-22-21-31-53(58)61(57)46-28-19-14-20-29-46/h8,10,12-41H,4,7,9,11H2,1-3,5-6H3/b23-8-,49-30-,52-48-. The highest BCUT2D eigenvalue weighted by molar-refractivity contribution is 6.13. The lowest BCUT2D eigenvalue weighted by Gasteiger charge is -2.33. The number of hydrogen-bond donors (Lipinski definition) is 0. The summed E-state index contributed by atoms with van der Waals surface area (Å²) in [5.41, 5.74) is 15.7. The molecule has 312 valence electrons. The Labute approximate surface area is 373 Å². The average Bonchev–Trinajstić information content (AvgIpc) is 3.63. The molecule has 4 nitrogen and oxygen atoms in total. The Morgan fingerprint density at radius 3 is 2.00 bits per heavy atom. The van der Waals surface area contributed by atoms with E-state index >= 15 is 0 Å². The Hall–Kier alpha value is -7.30. The third-order valence-electron chi connectivity index (χ3n) is 12.4. The van der Waals surface area contributed by atoms with Gasteiger partial charge in [-0.25, -0.2) is 0 Å². The first-order chi connectivity index (χ1) is 30.9. The van der Waals surface area contributed by atoms with Gasteiger partial charge in [-0.2, -0.15) is 0 Å². The van der Waals surface area contributed by atoms with Crippen molar-refractivity contribution < 1.29 is 4.74 Å². The van der Waals surface area contributed by atoms with Gasteiger partial charge in [0.1, 0.15) is 0 Å². The van der Waals surface area contributed by atoms with Gasteiger partial charge in [-0.1, -0.05) is 143 Å². The highest BCUT2D eigenvalue weighted by Gasteiger charge is 2.29. The Bertz CT molecular complexity index is 3010. The zero-order chi connectivity index (χ0) is 43.5. The van der Waals surface area contributed by atoms with E-state index in [2.05, 4.69) is 232 Å². The second-order valence-electron chi connectivity index (χ2n) is 16.4. The largest absolute Gasteiger partial charge is 0.453 e. The molecule has 1 atom stereocenters. The normalized spacial score (nSPS) is 13.4. The van der Waals surface area contributed by atoms with E-state index < -0.39 is 0 Å². The van der Waals surface area contributed by atoms with Gasteiger partial charge in [-0.15, -0.1) is 0 Å². The topological polar surface area (TPSA) is 20.6 Å². The monoisotopic (exact) mass is 821 g/mol. The third-order valence-corrected chi connectivity index (χ3v) is 12.4. The van der Waals surface area contributed by atoms with Crippen molar-refractivity contribution in [2.24, 2.45) is 5.92 Å². The maximum atomic E-state index is 6.84. The van der Waals surface area contributed by atoms with Crippen LogP contribution in [0.2, 0.25) is 0 Å². The van der Waals surface area contributed by atoms with Gasteiger partial charge in [0.15, 0.2) is 11.5 Å². The molecule has 0 saturated carbocycles. The average molecular weight is 822 g/mol. The molecule has 7 aromatic carbocycles. The summed E-state index contributed by atoms with van der Waals surface area (Å²) in [4.78, 5) is 4.74. The fourth-order valence-corrected chi connectivity index (χ4v) is 9.10. The number of ether oxygens (including phenoxy) is 1. The second-order valence-corrected chi connectivity index (χ2v) is 16.4. The van der Waals surface area contributed by atoms with Crippen molar-refractivity contribution in [3.63, 3.8) is 0 Å². The molecule has 63 heavy (non-hydrogen) atoms. The fraction of sp³-hybridized carbons (Fsp3) is 0.153. The summed E-state index contributed by atoms with van der Waals surface area (Å²) < 4.78 is 9.26. The van der Waals surface area contributed by atoms with Crippen LogP contribution in [-0.2, 0) is 0 Å². The van der Waals surface area contributed by atoms with Gasteiger partial charge >= 0.3 is 0 Å². The van der Waals surface area contributed by atoms with Crippen LogP contribution in [0.4, 0.5) is 28.4 Å². The minimum absolute atomic E-state index is 0.326. The van der Waals surface area contributed by atoms with Gasteiger partial charge in [0, 0.05) is 45.3 Å². The van der Waals surface area contributed by atoms with Gasteiger partial charge in [0.05, 0.1) is 22.4 Å². The lowest BCUT2D eigenvalue weighted by atomic mass is 9.94. The van der Waals surface area contributed by atoms with Crippen molar-refractivity contribution in [2.75, 3.05) is 9.80 Å². The number of fused-ring (bicyclic) bond motifs is 5. The van der Waals surface area contributed by atoms with Gasteiger partial charge in [-0.05, 0) is 133 Å². The zero-order valence-electron chi connectivity index (χ0n) is 37.1. The highest BCUT2D eigenvalue weighted by atomic mass is 16.5. The molecule has 1 aliphatic heterocycles. The molecule has 4 heteroatoms. The number of allylic oxidation sites excluding steroid dienone is 5. The number of aryl methyl sites for hydroxylation is 1. The van der Waals surface area contributed by atoms with Crippen molar-refractivity contribution >= 4 is 55.8 Å². The summed E-state index contributed by atoms with van der Waals surface area (Å²) in [5.74, 6) is 1.96. The molecule has 8 aromatic rings. The number of aromatic nitrogens is 1. The molecule has 0 radical (unpaired) electrons. The van der Waals surface area contributed by atoms with Crippen LogP contribution in [0.25, 0.3) is 33.1 Å².